The number of amides is 1. The number of carbonyl (C=O) groups is 1. The lowest BCUT2D eigenvalue weighted by Gasteiger charge is -2.09. The molecule has 1 aliphatic rings. The van der Waals surface area contributed by atoms with Gasteiger partial charge < -0.3 is 5.32 Å². The molecule has 1 unspecified atom stereocenters. The molecule has 0 bridgehead atoms. The quantitative estimate of drug-likeness (QED) is 0.879. The van der Waals surface area contributed by atoms with Crippen molar-refractivity contribution in [1.82, 2.24) is 0 Å². The van der Waals surface area contributed by atoms with Crippen LogP contribution in [0.5, 0.6) is 0 Å². The average Bonchev–Trinajstić information content (AvgIpc) is 2.80. The van der Waals surface area contributed by atoms with Crippen molar-refractivity contribution >= 4 is 27.5 Å². The van der Waals surface area contributed by atoms with Crippen LogP contribution in [0, 0.1) is 18.3 Å². The van der Waals surface area contributed by atoms with E-state index in [9.17, 15) is 4.79 Å². The Morgan fingerprint density at radius 1 is 1.50 bits per heavy atom. The molecule has 1 N–H and O–H groups in total. The van der Waals surface area contributed by atoms with E-state index >= 15 is 0 Å². The predicted octanol–water partition coefficient (Wildman–Crippen LogP) is 3.74. The van der Waals surface area contributed by atoms with Crippen LogP contribution in [-0.4, -0.2) is 5.91 Å². The van der Waals surface area contributed by atoms with E-state index in [0.717, 1.165) is 22.1 Å². The molecule has 0 aliphatic heterocycles. The van der Waals surface area contributed by atoms with Crippen LogP contribution in [0.2, 0.25) is 0 Å². The summed E-state index contributed by atoms with van der Waals surface area (Å²) in [7, 11) is 0. The molecule has 1 amide bonds. The van der Waals surface area contributed by atoms with E-state index in [4.69, 9.17) is 0 Å². The van der Waals surface area contributed by atoms with Crippen LogP contribution in [0.3, 0.4) is 0 Å². The van der Waals surface area contributed by atoms with Crippen LogP contribution >= 0.6 is 15.9 Å². The molecule has 1 aromatic rings. The zero-order valence-corrected chi connectivity index (χ0v) is 11.4. The molecule has 0 aromatic heterocycles. The van der Waals surface area contributed by atoms with Crippen LogP contribution in [-0.2, 0) is 4.79 Å². The van der Waals surface area contributed by atoms with Gasteiger partial charge in [0.05, 0.1) is 0 Å². The maximum atomic E-state index is 11.9. The minimum atomic E-state index is 0.149. The molecule has 2 rings (SSSR count). The van der Waals surface area contributed by atoms with Gasteiger partial charge in [0.15, 0.2) is 0 Å². The Bertz CT molecular complexity index is 440. The number of hydrogen-bond donors (Lipinski definition) is 1. The van der Waals surface area contributed by atoms with Crippen molar-refractivity contribution in [3.63, 3.8) is 0 Å². The fraction of sp³-hybridized carbons (Fsp3) is 0.462. The van der Waals surface area contributed by atoms with Gasteiger partial charge in [-0.2, -0.15) is 0 Å². The van der Waals surface area contributed by atoms with Gasteiger partial charge in [-0.15, -0.1) is 0 Å². The first-order chi connectivity index (χ1) is 7.40. The molecule has 2 nitrogen and oxygen atoms in total. The summed E-state index contributed by atoms with van der Waals surface area (Å²) in [5, 5.41) is 3.00. The minimum Gasteiger partial charge on any atom is -0.326 e. The van der Waals surface area contributed by atoms with Gasteiger partial charge in [0.1, 0.15) is 0 Å². The Hall–Kier alpha value is -0.830. The van der Waals surface area contributed by atoms with E-state index in [1.165, 1.54) is 0 Å². The molecular formula is C13H16BrNO. The number of aryl methyl sites for hydroxylation is 1. The Morgan fingerprint density at radius 3 is 2.62 bits per heavy atom. The highest BCUT2D eigenvalue weighted by Crippen LogP contribution is 2.52. The van der Waals surface area contributed by atoms with E-state index in [1.807, 2.05) is 25.1 Å². The third-order valence-electron chi connectivity index (χ3n) is 3.28. The van der Waals surface area contributed by atoms with Crippen molar-refractivity contribution in [2.24, 2.45) is 11.3 Å². The predicted molar refractivity (Wildman–Crippen MR) is 69.4 cm³/mol. The molecule has 86 valence electrons. The molecule has 3 heteroatoms. The van der Waals surface area contributed by atoms with E-state index in [0.29, 0.717) is 0 Å². The van der Waals surface area contributed by atoms with Crippen LogP contribution in [0.25, 0.3) is 0 Å². The molecular weight excluding hydrogens is 266 g/mol. The van der Waals surface area contributed by atoms with Crippen LogP contribution in [0.1, 0.15) is 25.8 Å². The number of anilines is 1. The second-order valence-electron chi connectivity index (χ2n) is 5.19. The van der Waals surface area contributed by atoms with Gasteiger partial charge in [-0.05, 0) is 42.5 Å². The minimum absolute atomic E-state index is 0.149. The molecule has 1 aromatic carbocycles. The maximum Gasteiger partial charge on any atom is 0.228 e. The van der Waals surface area contributed by atoms with Crippen molar-refractivity contribution in [2.75, 3.05) is 5.32 Å². The first-order valence-electron chi connectivity index (χ1n) is 5.47. The standard InChI is InChI=1S/C13H16BrNO/c1-8-6-9(14)4-5-11(8)15-12(16)10-7-13(10,2)3/h4-6,10H,7H2,1-3H3,(H,15,16). The highest BCUT2D eigenvalue weighted by atomic mass is 79.9. The number of hydrogen-bond acceptors (Lipinski definition) is 1. The highest BCUT2D eigenvalue weighted by molar-refractivity contribution is 9.10. The third kappa shape index (κ3) is 2.29. The van der Waals surface area contributed by atoms with Gasteiger partial charge in [-0.25, -0.2) is 0 Å². The summed E-state index contributed by atoms with van der Waals surface area (Å²) in [6.07, 6.45) is 0.994. The third-order valence-corrected chi connectivity index (χ3v) is 3.77. The molecule has 0 saturated heterocycles. The van der Waals surface area contributed by atoms with Crippen LogP contribution in [0.4, 0.5) is 5.69 Å². The molecule has 16 heavy (non-hydrogen) atoms. The van der Waals surface area contributed by atoms with Crippen LogP contribution in [0.15, 0.2) is 22.7 Å². The molecule has 1 atom stereocenters. The SMILES string of the molecule is Cc1cc(Br)ccc1NC(=O)C1CC1(C)C. The summed E-state index contributed by atoms with van der Waals surface area (Å²) in [4.78, 5) is 11.9. The van der Waals surface area contributed by atoms with Gasteiger partial charge in [-0.3, -0.25) is 4.79 Å². The lowest BCUT2D eigenvalue weighted by atomic mass is 10.1. The molecule has 1 aliphatic carbocycles. The Morgan fingerprint density at radius 2 is 2.12 bits per heavy atom. The second-order valence-corrected chi connectivity index (χ2v) is 6.11. The lowest BCUT2D eigenvalue weighted by Crippen LogP contribution is -2.17. The summed E-state index contributed by atoms with van der Waals surface area (Å²) in [5.74, 6) is 0.325. The largest absolute Gasteiger partial charge is 0.326 e. The average molecular weight is 282 g/mol. The smallest absolute Gasteiger partial charge is 0.228 e. The highest BCUT2D eigenvalue weighted by Gasteiger charge is 2.50. The summed E-state index contributed by atoms with van der Waals surface area (Å²) >= 11 is 3.41. The first-order valence-corrected chi connectivity index (χ1v) is 6.26. The number of carbonyl (C=O) groups excluding carboxylic acids is 1. The molecule has 1 fully saturated rings. The zero-order chi connectivity index (χ0) is 11.9. The Labute approximate surface area is 105 Å². The molecule has 1 saturated carbocycles. The van der Waals surface area contributed by atoms with Crippen molar-refractivity contribution in [3.8, 4) is 0 Å². The summed E-state index contributed by atoms with van der Waals surface area (Å²) in [6.45, 7) is 6.26. The fourth-order valence-electron chi connectivity index (χ4n) is 1.90. The Balaban J connectivity index is 2.07. The summed E-state index contributed by atoms with van der Waals surface area (Å²) in [6, 6.07) is 5.89. The zero-order valence-electron chi connectivity index (χ0n) is 9.80. The van der Waals surface area contributed by atoms with E-state index in [2.05, 4.69) is 35.1 Å². The summed E-state index contributed by atoms with van der Waals surface area (Å²) in [5.41, 5.74) is 2.19. The molecule has 0 heterocycles. The van der Waals surface area contributed by atoms with Gasteiger partial charge in [0.25, 0.3) is 0 Å². The Kier molecular flexibility index (Phi) is 2.82. The topological polar surface area (TPSA) is 29.1 Å². The van der Waals surface area contributed by atoms with Gasteiger partial charge in [0.2, 0.25) is 5.91 Å². The first kappa shape index (κ1) is 11.6. The van der Waals surface area contributed by atoms with Gasteiger partial charge in [-0.1, -0.05) is 29.8 Å². The van der Waals surface area contributed by atoms with Gasteiger partial charge in [0, 0.05) is 16.1 Å². The maximum absolute atomic E-state index is 11.9. The van der Waals surface area contributed by atoms with Crippen LogP contribution < -0.4 is 5.32 Å². The molecule has 0 spiro atoms. The fourth-order valence-corrected chi connectivity index (χ4v) is 2.38. The van der Waals surface area contributed by atoms with Crippen molar-refractivity contribution in [2.45, 2.75) is 27.2 Å². The molecule has 0 radical (unpaired) electrons. The van der Waals surface area contributed by atoms with E-state index in [-0.39, 0.29) is 17.2 Å². The number of benzene rings is 1. The monoisotopic (exact) mass is 281 g/mol. The van der Waals surface area contributed by atoms with Gasteiger partial charge >= 0.3 is 0 Å². The summed E-state index contributed by atoms with van der Waals surface area (Å²) < 4.78 is 1.04. The number of nitrogens with one attached hydrogen (secondary N) is 1. The normalized spacial score (nSPS) is 21.6. The van der Waals surface area contributed by atoms with Crippen molar-refractivity contribution in [3.05, 3.63) is 28.2 Å². The van der Waals surface area contributed by atoms with E-state index in [1.54, 1.807) is 0 Å². The van der Waals surface area contributed by atoms with E-state index < -0.39 is 0 Å². The van der Waals surface area contributed by atoms with Crippen molar-refractivity contribution in [1.29, 1.82) is 0 Å². The van der Waals surface area contributed by atoms with Crippen molar-refractivity contribution < 1.29 is 4.79 Å². The lowest BCUT2D eigenvalue weighted by molar-refractivity contribution is -0.118. The second kappa shape index (κ2) is 3.88. The number of halogens is 1. The number of rotatable bonds is 2.